The van der Waals surface area contributed by atoms with Gasteiger partial charge in [-0.25, -0.2) is 0 Å². The van der Waals surface area contributed by atoms with Crippen molar-refractivity contribution in [3.05, 3.63) is 23.5 Å². The molecule has 1 fully saturated rings. The molecule has 98 valence electrons. The normalized spacial score (nSPS) is 23.7. The summed E-state index contributed by atoms with van der Waals surface area (Å²) in [5.41, 5.74) is 2.65. The quantitative estimate of drug-likeness (QED) is 0.840. The third kappa shape index (κ3) is 2.88. The molecule has 1 amide bonds. The van der Waals surface area contributed by atoms with Gasteiger partial charge >= 0.3 is 0 Å². The zero-order chi connectivity index (χ0) is 13.1. The average Bonchev–Trinajstić information content (AvgIpc) is 2.33. The molecule has 0 aliphatic carbocycles. The number of carbonyl (C=O) groups is 1. The first-order valence-electron chi connectivity index (χ1n) is 6.56. The Morgan fingerprint density at radius 3 is 2.89 bits per heavy atom. The fourth-order valence-electron chi connectivity index (χ4n) is 2.43. The van der Waals surface area contributed by atoms with Gasteiger partial charge in [0.15, 0.2) is 0 Å². The van der Waals surface area contributed by atoms with Gasteiger partial charge < -0.3 is 10.6 Å². The SMILES string of the molecule is Cc1ccc(NC(=O)C2NCCCC2C)c(C)n1. The van der Waals surface area contributed by atoms with Gasteiger partial charge in [-0.3, -0.25) is 9.78 Å². The summed E-state index contributed by atoms with van der Waals surface area (Å²) in [4.78, 5) is 16.6. The molecule has 2 N–H and O–H groups in total. The Hall–Kier alpha value is -1.42. The summed E-state index contributed by atoms with van der Waals surface area (Å²) in [6, 6.07) is 3.75. The second-order valence-electron chi connectivity index (χ2n) is 5.13. The highest BCUT2D eigenvalue weighted by Crippen LogP contribution is 2.18. The maximum atomic E-state index is 12.2. The zero-order valence-corrected chi connectivity index (χ0v) is 11.3. The fourth-order valence-corrected chi connectivity index (χ4v) is 2.43. The van der Waals surface area contributed by atoms with Crippen LogP contribution in [0.4, 0.5) is 5.69 Å². The molecule has 0 saturated carbocycles. The molecule has 4 nitrogen and oxygen atoms in total. The summed E-state index contributed by atoms with van der Waals surface area (Å²) < 4.78 is 0. The molecular formula is C14H21N3O. The van der Waals surface area contributed by atoms with E-state index in [9.17, 15) is 4.79 Å². The Balaban J connectivity index is 2.06. The van der Waals surface area contributed by atoms with Gasteiger partial charge in [0, 0.05) is 5.69 Å². The first-order chi connectivity index (χ1) is 8.58. The van der Waals surface area contributed by atoms with Crippen molar-refractivity contribution in [2.75, 3.05) is 11.9 Å². The Morgan fingerprint density at radius 2 is 2.22 bits per heavy atom. The van der Waals surface area contributed by atoms with Crippen LogP contribution < -0.4 is 10.6 Å². The van der Waals surface area contributed by atoms with Crippen LogP contribution in [0.3, 0.4) is 0 Å². The Labute approximate surface area is 108 Å². The number of nitrogens with zero attached hydrogens (tertiary/aromatic N) is 1. The van der Waals surface area contributed by atoms with Crippen molar-refractivity contribution in [2.45, 2.75) is 39.7 Å². The summed E-state index contributed by atoms with van der Waals surface area (Å²) in [5, 5.41) is 6.26. The van der Waals surface area contributed by atoms with E-state index in [1.165, 1.54) is 0 Å². The number of rotatable bonds is 2. The van der Waals surface area contributed by atoms with Crippen LogP contribution in [-0.2, 0) is 4.79 Å². The van der Waals surface area contributed by atoms with E-state index in [2.05, 4.69) is 22.5 Å². The van der Waals surface area contributed by atoms with Gasteiger partial charge in [0.2, 0.25) is 5.91 Å². The Kier molecular flexibility index (Phi) is 3.97. The molecule has 2 heterocycles. The van der Waals surface area contributed by atoms with Crippen LogP contribution in [0.25, 0.3) is 0 Å². The summed E-state index contributed by atoms with van der Waals surface area (Å²) in [5.74, 6) is 0.438. The minimum Gasteiger partial charge on any atom is -0.323 e. The molecule has 1 saturated heterocycles. The smallest absolute Gasteiger partial charge is 0.241 e. The highest BCUT2D eigenvalue weighted by molar-refractivity contribution is 5.95. The van der Waals surface area contributed by atoms with Gasteiger partial charge in [-0.2, -0.15) is 0 Å². The molecule has 4 heteroatoms. The fraction of sp³-hybridized carbons (Fsp3) is 0.571. The van der Waals surface area contributed by atoms with E-state index in [4.69, 9.17) is 0 Å². The van der Waals surface area contributed by atoms with E-state index in [-0.39, 0.29) is 11.9 Å². The molecule has 0 bridgehead atoms. The molecule has 0 radical (unpaired) electrons. The van der Waals surface area contributed by atoms with Crippen molar-refractivity contribution in [2.24, 2.45) is 5.92 Å². The predicted molar refractivity (Wildman–Crippen MR) is 72.5 cm³/mol. The number of amides is 1. The summed E-state index contributed by atoms with van der Waals surface area (Å²) >= 11 is 0. The van der Waals surface area contributed by atoms with Crippen molar-refractivity contribution < 1.29 is 4.79 Å². The molecule has 1 aromatic heterocycles. The first kappa shape index (κ1) is 13.0. The molecule has 2 rings (SSSR count). The van der Waals surface area contributed by atoms with Crippen molar-refractivity contribution in [1.82, 2.24) is 10.3 Å². The van der Waals surface area contributed by atoms with E-state index in [0.29, 0.717) is 5.92 Å². The van der Waals surface area contributed by atoms with Crippen LogP contribution >= 0.6 is 0 Å². The number of aromatic nitrogens is 1. The predicted octanol–water partition coefficient (Wildman–Crippen LogP) is 2.03. The number of anilines is 1. The second-order valence-corrected chi connectivity index (χ2v) is 5.13. The largest absolute Gasteiger partial charge is 0.323 e. The van der Waals surface area contributed by atoms with Gasteiger partial charge in [-0.05, 0) is 51.3 Å². The number of nitrogens with one attached hydrogen (secondary N) is 2. The van der Waals surface area contributed by atoms with Gasteiger partial charge in [0.05, 0.1) is 17.4 Å². The molecule has 1 aliphatic heterocycles. The maximum absolute atomic E-state index is 12.2. The topological polar surface area (TPSA) is 54.0 Å². The van der Waals surface area contributed by atoms with Crippen LogP contribution in [0.15, 0.2) is 12.1 Å². The molecule has 18 heavy (non-hydrogen) atoms. The maximum Gasteiger partial charge on any atom is 0.241 e. The lowest BCUT2D eigenvalue weighted by molar-refractivity contribution is -0.119. The molecule has 1 aromatic rings. The van der Waals surface area contributed by atoms with Crippen molar-refractivity contribution in [3.8, 4) is 0 Å². The molecular weight excluding hydrogens is 226 g/mol. The zero-order valence-electron chi connectivity index (χ0n) is 11.3. The van der Waals surface area contributed by atoms with Crippen molar-refractivity contribution >= 4 is 11.6 Å². The number of carbonyl (C=O) groups excluding carboxylic acids is 1. The number of hydrogen-bond acceptors (Lipinski definition) is 3. The lowest BCUT2D eigenvalue weighted by atomic mass is 9.92. The Bertz CT molecular complexity index is 445. The Morgan fingerprint density at radius 1 is 1.44 bits per heavy atom. The lowest BCUT2D eigenvalue weighted by Crippen LogP contribution is -2.48. The molecule has 0 spiro atoms. The van der Waals surface area contributed by atoms with E-state index in [1.54, 1.807) is 0 Å². The number of aryl methyl sites for hydroxylation is 2. The third-order valence-corrected chi connectivity index (χ3v) is 3.53. The van der Waals surface area contributed by atoms with Gasteiger partial charge in [0.25, 0.3) is 0 Å². The van der Waals surface area contributed by atoms with E-state index in [0.717, 1.165) is 36.5 Å². The van der Waals surface area contributed by atoms with Crippen LogP contribution in [-0.4, -0.2) is 23.5 Å². The average molecular weight is 247 g/mol. The highest BCUT2D eigenvalue weighted by atomic mass is 16.2. The molecule has 0 aromatic carbocycles. The standard InChI is InChI=1S/C14H21N3O/c1-9-5-4-8-15-13(9)14(18)17-12-7-6-10(2)16-11(12)3/h6-7,9,13,15H,4-5,8H2,1-3H3,(H,17,18). The summed E-state index contributed by atoms with van der Waals surface area (Å²) in [6.07, 6.45) is 2.26. The minimum atomic E-state index is -0.0838. The van der Waals surface area contributed by atoms with E-state index >= 15 is 0 Å². The number of hydrogen-bond donors (Lipinski definition) is 2. The summed E-state index contributed by atoms with van der Waals surface area (Å²) in [6.45, 7) is 6.91. The van der Waals surface area contributed by atoms with Crippen LogP contribution in [0.2, 0.25) is 0 Å². The summed E-state index contributed by atoms with van der Waals surface area (Å²) in [7, 11) is 0. The monoisotopic (exact) mass is 247 g/mol. The number of pyridine rings is 1. The number of piperidine rings is 1. The van der Waals surface area contributed by atoms with Gasteiger partial charge in [-0.1, -0.05) is 6.92 Å². The molecule has 2 atom stereocenters. The van der Waals surface area contributed by atoms with Crippen LogP contribution in [0.1, 0.15) is 31.2 Å². The van der Waals surface area contributed by atoms with Crippen molar-refractivity contribution in [1.29, 1.82) is 0 Å². The van der Waals surface area contributed by atoms with Gasteiger partial charge in [-0.15, -0.1) is 0 Å². The lowest BCUT2D eigenvalue weighted by Gasteiger charge is -2.29. The van der Waals surface area contributed by atoms with E-state index < -0.39 is 0 Å². The van der Waals surface area contributed by atoms with Crippen LogP contribution in [0, 0.1) is 19.8 Å². The van der Waals surface area contributed by atoms with Crippen LogP contribution in [0.5, 0.6) is 0 Å². The third-order valence-electron chi connectivity index (χ3n) is 3.53. The molecule has 1 aliphatic rings. The minimum absolute atomic E-state index is 0.0518. The highest BCUT2D eigenvalue weighted by Gasteiger charge is 2.27. The van der Waals surface area contributed by atoms with Gasteiger partial charge in [0.1, 0.15) is 0 Å². The van der Waals surface area contributed by atoms with E-state index in [1.807, 2.05) is 26.0 Å². The molecule has 2 unspecified atom stereocenters. The first-order valence-corrected chi connectivity index (χ1v) is 6.56. The second kappa shape index (κ2) is 5.48. The van der Waals surface area contributed by atoms with Crippen molar-refractivity contribution in [3.63, 3.8) is 0 Å².